The average molecular weight is 294 g/mol. The number of likely N-dealkylation sites (N-methyl/N-ethyl adjacent to an activating group) is 1. The molecule has 1 rings (SSSR count). The lowest BCUT2D eigenvalue weighted by atomic mass is 10.0. The van der Waals surface area contributed by atoms with Crippen LogP contribution < -0.4 is 5.73 Å². The summed E-state index contributed by atoms with van der Waals surface area (Å²) in [6.07, 6.45) is 0.938. The molecule has 1 aromatic carbocycles. The molecule has 1 unspecified atom stereocenters. The summed E-state index contributed by atoms with van der Waals surface area (Å²) in [6, 6.07) is 6.19. The van der Waals surface area contributed by atoms with Gasteiger partial charge in [0.05, 0.1) is 11.6 Å². The zero-order valence-corrected chi connectivity index (χ0v) is 12.4. The van der Waals surface area contributed by atoms with Gasteiger partial charge in [-0.05, 0) is 24.5 Å². The van der Waals surface area contributed by atoms with Crippen molar-refractivity contribution in [1.29, 1.82) is 0 Å². The zero-order chi connectivity index (χ0) is 15.8. The van der Waals surface area contributed by atoms with Crippen LogP contribution in [-0.2, 0) is 16.0 Å². The Morgan fingerprint density at radius 2 is 2.05 bits per heavy atom. The highest BCUT2D eigenvalue weighted by molar-refractivity contribution is 5.89. The fraction of sp³-hybridized carbons (Fsp3) is 0.467. The van der Waals surface area contributed by atoms with Gasteiger partial charge in [0.2, 0.25) is 5.91 Å². The van der Waals surface area contributed by atoms with Gasteiger partial charge in [-0.15, -0.1) is 0 Å². The van der Waals surface area contributed by atoms with Crippen molar-refractivity contribution < 1.29 is 19.4 Å². The monoisotopic (exact) mass is 294 g/mol. The molecule has 21 heavy (non-hydrogen) atoms. The van der Waals surface area contributed by atoms with Gasteiger partial charge in [-0.3, -0.25) is 4.79 Å². The number of aromatic carboxylic acids is 1. The number of nitrogens with two attached hydrogens (primary N) is 1. The molecule has 0 aliphatic rings. The Hall–Kier alpha value is -1.92. The van der Waals surface area contributed by atoms with Gasteiger partial charge < -0.3 is 20.5 Å². The minimum atomic E-state index is -0.962. The number of carbonyl (C=O) groups is 2. The lowest BCUT2D eigenvalue weighted by molar-refractivity contribution is -0.131. The van der Waals surface area contributed by atoms with Crippen molar-refractivity contribution in [3.63, 3.8) is 0 Å². The molecule has 0 spiro atoms. The molecule has 0 aliphatic carbocycles. The van der Waals surface area contributed by atoms with Gasteiger partial charge in [0.15, 0.2) is 0 Å². The van der Waals surface area contributed by atoms with Crippen LogP contribution in [0.15, 0.2) is 24.3 Å². The van der Waals surface area contributed by atoms with Crippen molar-refractivity contribution in [2.24, 2.45) is 5.73 Å². The van der Waals surface area contributed by atoms with E-state index in [0.717, 1.165) is 0 Å². The predicted octanol–water partition coefficient (Wildman–Crippen LogP) is 0.750. The van der Waals surface area contributed by atoms with Gasteiger partial charge in [0, 0.05) is 27.3 Å². The maximum Gasteiger partial charge on any atom is 0.335 e. The van der Waals surface area contributed by atoms with E-state index in [9.17, 15) is 9.59 Å². The van der Waals surface area contributed by atoms with Crippen molar-refractivity contribution in [2.75, 3.05) is 27.3 Å². The lowest BCUT2D eigenvalue weighted by Gasteiger charge is -2.21. The third-order valence-electron chi connectivity index (χ3n) is 3.29. The molecule has 0 radical (unpaired) electrons. The van der Waals surface area contributed by atoms with E-state index in [1.54, 1.807) is 38.4 Å². The molecule has 1 aromatic rings. The molecular formula is C15H22N2O4. The lowest BCUT2D eigenvalue weighted by Crippen LogP contribution is -2.43. The number of hydrogen-bond donors (Lipinski definition) is 2. The summed E-state index contributed by atoms with van der Waals surface area (Å²) in [5, 5.41) is 9.11. The van der Waals surface area contributed by atoms with Gasteiger partial charge in [0.25, 0.3) is 0 Å². The SMILES string of the molecule is COCCC(N)C(=O)N(C)CCc1ccccc1C(=O)O. The summed E-state index contributed by atoms with van der Waals surface area (Å²) in [7, 11) is 3.22. The molecule has 0 saturated heterocycles. The number of carboxylic acids is 1. The molecule has 6 nitrogen and oxygen atoms in total. The topological polar surface area (TPSA) is 92.9 Å². The quantitative estimate of drug-likeness (QED) is 0.738. The molecule has 0 heterocycles. The maximum absolute atomic E-state index is 12.0. The third kappa shape index (κ3) is 5.17. The van der Waals surface area contributed by atoms with Gasteiger partial charge in [0.1, 0.15) is 0 Å². The van der Waals surface area contributed by atoms with Gasteiger partial charge in [-0.25, -0.2) is 4.79 Å². The van der Waals surface area contributed by atoms with Crippen molar-refractivity contribution >= 4 is 11.9 Å². The first kappa shape index (κ1) is 17.1. The molecule has 6 heteroatoms. The van der Waals surface area contributed by atoms with Crippen LogP contribution in [0.4, 0.5) is 0 Å². The first-order valence-corrected chi connectivity index (χ1v) is 6.78. The number of amides is 1. The Morgan fingerprint density at radius 1 is 1.38 bits per heavy atom. The Morgan fingerprint density at radius 3 is 2.67 bits per heavy atom. The zero-order valence-electron chi connectivity index (χ0n) is 12.4. The normalized spacial score (nSPS) is 12.0. The van der Waals surface area contributed by atoms with Gasteiger partial charge >= 0.3 is 5.97 Å². The van der Waals surface area contributed by atoms with Gasteiger partial charge in [-0.1, -0.05) is 18.2 Å². The molecule has 1 amide bonds. The average Bonchev–Trinajstić information content (AvgIpc) is 2.49. The second-order valence-electron chi connectivity index (χ2n) is 4.86. The van der Waals surface area contributed by atoms with Crippen LogP contribution in [0.1, 0.15) is 22.3 Å². The summed E-state index contributed by atoms with van der Waals surface area (Å²) in [4.78, 5) is 24.7. The predicted molar refractivity (Wildman–Crippen MR) is 79.2 cm³/mol. The maximum atomic E-state index is 12.0. The van der Waals surface area contributed by atoms with E-state index in [4.69, 9.17) is 15.6 Å². The molecule has 0 aliphatic heterocycles. The van der Waals surface area contributed by atoms with E-state index in [2.05, 4.69) is 0 Å². The second kappa shape index (κ2) is 8.39. The first-order valence-electron chi connectivity index (χ1n) is 6.78. The molecule has 1 atom stereocenters. The van der Waals surface area contributed by atoms with E-state index < -0.39 is 12.0 Å². The number of carbonyl (C=O) groups excluding carboxylic acids is 1. The van der Waals surface area contributed by atoms with E-state index in [1.807, 2.05) is 0 Å². The molecule has 3 N–H and O–H groups in total. The van der Waals surface area contributed by atoms with Crippen molar-refractivity contribution in [3.8, 4) is 0 Å². The van der Waals surface area contributed by atoms with E-state index in [-0.39, 0.29) is 11.5 Å². The van der Waals surface area contributed by atoms with Crippen LogP contribution in [0, 0.1) is 0 Å². The smallest absolute Gasteiger partial charge is 0.335 e. The van der Waals surface area contributed by atoms with E-state index in [0.29, 0.717) is 31.6 Å². The standard InChI is InChI=1S/C15H22N2O4/c1-17(14(18)13(16)8-10-21-2)9-7-11-5-3-4-6-12(11)15(19)20/h3-6,13H,7-10,16H2,1-2H3,(H,19,20). The summed E-state index contributed by atoms with van der Waals surface area (Å²) in [5.41, 5.74) is 6.76. The summed E-state index contributed by atoms with van der Waals surface area (Å²) in [6.45, 7) is 0.854. The molecule has 0 fully saturated rings. The Kier molecular flexibility index (Phi) is 6.84. The van der Waals surface area contributed by atoms with Crippen LogP contribution >= 0.6 is 0 Å². The van der Waals surface area contributed by atoms with Gasteiger partial charge in [-0.2, -0.15) is 0 Å². The highest BCUT2D eigenvalue weighted by Crippen LogP contribution is 2.10. The number of nitrogens with zero attached hydrogens (tertiary/aromatic N) is 1. The Balaban J connectivity index is 2.58. The molecule has 0 saturated carbocycles. The molecule has 0 bridgehead atoms. The van der Waals surface area contributed by atoms with Crippen molar-refractivity contribution in [2.45, 2.75) is 18.9 Å². The minimum Gasteiger partial charge on any atom is -0.478 e. The van der Waals surface area contributed by atoms with Crippen LogP contribution in [-0.4, -0.2) is 55.2 Å². The number of methoxy groups -OCH3 is 1. The van der Waals surface area contributed by atoms with Crippen LogP contribution in [0.5, 0.6) is 0 Å². The summed E-state index contributed by atoms with van der Waals surface area (Å²) < 4.78 is 4.90. The van der Waals surface area contributed by atoms with Crippen LogP contribution in [0.3, 0.4) is 0 Å². The Labute approximate surface area is 124 Å². The Bertz CT molecular complexity index is 490. The van der Waals surface area contributed by atoms with Crippen molar-refractivity contribution in [1.82, 2.24) is 4.90 Å². The second-order valence-corrected chi connectivity index (χ2v) is 4.86. The van der Waals surface area contributed by atoms with Crippen molar-refractivity contribution in [3.05, 3.63) is 35.4 Å². The number of hydrogen-bond acceptors (Lipinski definition) is 4. The highest BCUT2D eigenvalue weighted by Gasteiger charge is 2.18. The van der Waals surface area contributed by atoms with Crippen LogP contribution in [0.25, 0.3) is 0 Å². The molecule has 0 aromatic heterocycles. The summed E-state index contributed by atoms with van der Waals surface area (Å²) >= 11 is 0. The molecular weight excluding hydrogens is 272 g/mol. The third-order valence-corrected chi connectivity index (χ3v) is 3.29. The number of rotatable bonds is 8. The minimum absolute atomic E-state index is 0.167. The fourth-order valence-corrected chi connectivity index (χ4v) is 2.00. The largest absolute Gasteiger partial charge is 0.478 e. The van der Waals surface area contributed by atoms with E-state index >= 15 is 0 Å². The number of ether oxygens (including phenoxy) is 1. The fourth-order valence-electron chi connectivity index (χ4n) is 2.00. The molecule has 116 valence electrons. The number of carboxylic acid groups (broad SMARTS) is 1. The number of benzene rings is 1. The highest BCUT2D eigenvalue weighted by atomic mass is 16.5. The van der Waals surface area contributed by atoms with Crippen LogP contribution in [0.2, 0.25) is 0 Å². The van der Waals surface area contributed by atoms with E-state index in [1.165, 1.54) is 4.90 Å². The summed E-state index contributed by atoms with van der Waals surface area (Å²) in [5.74, 6) is -1.13. The first-order chi connectivity index (χ1) is 9.97.